The summed E-state index contributed by atoms with van der Waals surface area (Å²) < 4.78 is 10.5. The summed E-state index contributed by atoms with van der Waals surface area (Å²) in [5.41, 5.74) is 6.49. The molecule has 2 heterocycles. The Bertz CT molecular complexity index is 724. The molecule has 0 saturated heterocycles. The van der Waals surface area contributed by atoms with E-state index in [9.17, 15) is 9.59 Å². The number of hydrogen-bond donors (Lipinski definition) is 2. The molecule has 150 valence electrons. The molecule has 0 fully saturated rings. The van der Waals surface area contributed by atoms with Gasteiger partial charge in [0.05, 0.1) is 12.5 Å². The molecular weight excluding hydrogens is 360 g/mol. The summed E-state index contributed by atoms with van der Waals surface area (Å²) in [6.45, 7) is 3.66. The second kappa shape index (κ2) is 11.5. The molecule has 2 amide bonds. The van der Waals surface area contributed by atoms with E-state index < -0.39 is 0 Å². The number of aryl methyl sites for hydroxylation is 2. The molecule has 0 aliphatic heterocycles. The van der Waals surface area contributed by atoms with Crippen LogP contribution in [0.3, 0.4) is 0 Å². The largest absolute Gasteiger partial charge is 0.469 e. The Balaban J connectivity index is 1.59. The summed E-state index contributed by atoms with van der Waals surface area (Å²) in [5, 5.41) is 8.06. The molecule has 0 aromatic carbocycles. The van der Waals surface area contributed by atoms with Crippen molar-refractivity contribution in [2.75, 3.05) is 0 Å². The Morgan fingerprint density at radius 1 is 0.786 bits per heavy atom. The summed E-state index contributed by atoms with van der Waals surface area (Å²) >= 11 is 0. The number of furan rings is 2. The Kier molecular flexibility index (Phi) is 8.71. The van der Waals surface area contributed by atoms with E-state index in [1.54, 1.807) is 12.5 Å². The first-order valence-corrected chi connectivity index (χ1v) is 9.21. The first-order valence-electron chi connectivity index (χ1n) is 9.21. The van der Waals surface area contributed by atoms with Crippen molar-refractivity contribution >= 4 is 23.2 Å². The van der Waals surface area contributed by atoms with Gasteiger partial charge < -0.3 is 8.83 Å². The molecule has 0 atom stereocenters. The van der Waals surface area contributed by atoms with E-state index in [2.05, 4.69) is 21.1 Å². The average molecular weight is 386 g/mol. The molecule has 0 saturated carbocycles. The highest BCUT2D eigenvalue weighted by Gasteiger charge is 2.07. The molecule has 0 aliphatic carbocycles. The SMILES string of the molecule is C/C(CCc1ccco1)=N/NC(=O)CCC(=O)N/N=C(/C)CCc1ccco1. The van der Waals surface area contributed by atoms with Crippen LogP contribution < -0.4 is 10.9 Å². The van der Waals surface area contributed by atoms with Gasteiger partial charge in [-0.3, -0.25) is 9.59 Å². The van der Waals surface area contributed by atoms with E-state index in [0.717, 1.165) is 35.8 Å². The van der Waals surface area contributed by atoms with E-state index >= 15 is 0 Å². The van der Waals surface area contributed by atoms with E-state index in [1.807, 2.05) is 38.1 Å². The van der Waals surface area contributed by atoms with E-state index in [4.69, 9.17) is 8.83 Å². The van der Waals surface area contributed by atoms with Gasteiger partial charge in [-0.05, 0) is 51.0 Å². The van der Waals surface area contributed by atoms with E-state index in [1.165, 1.54) is 0 Å². The summed E-state index contributed by atoms with van der Waals surface area (Å²) in [5.74, 6) is 1.12. The van der Waals surface area contributed by atoms with Crippen LogP contribution in [0.25, 0.3) is 0 Å². The van der Waals surface area contributed by atoms with Gasteiger partial charge in [0.25, 0.3) is 0 Å². The molecule has 0 aliphatic rings. The zero-order valence-electron chi connectivity index (χ0n) is 16.2. The molecule has 0 bridgehead atoms. The highest BCUT2D eigenvalue weighted by molar-refractivity contribution is 5.87. The fourth-order valence-corrected chi connectivity index (χ4v) is 2.28. The number of rotatable bonds is 11. The van der Waals surface area contributed by atoms with Gasteiger partial charge >= 0.3 is 0 Å². The van der Waals surface area contributed by atoms with E-state index in [0.29, 0.717) is 12.8 Å². The minimum absolute atomic E-state index is 0.0434. The molecule has 0 spiro atoms. The molecule has 2 N–H and O–H groups in total. The number of carbonyl (C=O) groups is 2. The van der Waals surface area contributed by atoms with Crippen molar-refractivity contribution in [3.63, 3.8) is 0 Å². The number of nitrogens with zero attached hydrogens (tertiary/aromatic N) is 2. The third-order valence-electron chi connectivity index (χ3n) is 3.95. The topological polar surface area (TPSA) is 109 Å². The van der Waals surface area contributed by atoms with Crippen molar-refractivity contribution in [2.24, 2.45) is 10.2 Å². The molecule has 2 aromatic rings. The van der Waals surface area contributed by atoms with Gasteiger partial charge in [0.1, 0.15) is 11.5 Å². The molecular formula is C20H26N4O4. The van der Waals surface area contributed by atoms with Crippen LogP contribution in [0.5, 0.6) is 0 Å². The number of amides is 2. The van der Waals surface area contributed by atoms with Gasteiger partial charge in [0.15, 0.2) is 0 Å². The zero-order valence-corrected chi connectivity index (χ0v) is 16.2. The lowest BCUT2D eigenvalue weighted by molar-refractivity contribution is -0.126. The van der Waals surface area contributed by atoms with Crippen LogP contribution in [-0.4, -0.2) is 23.2 Å². The second-order valence-electron chi connectivity index (χ2n) is 6.42. The molecule has 8 nitrogen and oxygen atoms in total. The minimum Gasteiger partial charge on any atom is -0.469 e. The maximum absolute atomic E-state index is 11.8. The Morgan fingerprint density at radius 2 is 1.21 bits per heavy atom. The summed E-state index contributed by atoms with van der Waals surface area (Å²) in [4.78, 5) is 23.6. The first kappa shape index (κ1) is 21.1. The van der Waals surface area contributed by atoms with Crippen molar-refractivity contribution in [1.29, 1.82) is 0 Å². The maximum atomic E-state index is 11.8. The van der Waals surface area contributed by atoms with Gasteiger partial charge in [-0.1, -0.05) is 0 Å². The van der Waals surface area contributed by atoms with Crippen molar-refractivity contribution in [3.05, 3.63) is 48.3 Å². The fraction of sp³-hybridized carbons (Fsp3) is 0.400. The van der Waals surface area contributed by atoms with Gasteiger partial charge in [-0.15, -0.1) is 0 Å². The molecule has 28 heavy (non-hydrogen) atoms. The van der Waals surface area contributed by atoms with Crippen molar-refractivity contribution in [2.45, 2.75) is 52.4 Å². The number of hydrogen-bond acceptors (Lipinski definition) is 6. The zero-order chi connectivity index (χ0) is 20.2. The lowest BCUT2D eigenvalue weighted by atomic mass is 10.2. The van der Waals surface area contributed by atoms with Crippen LogP contribution in [0.2, 0.25) is 0 Å². The third-order valence-corrected chi connectivity index (χ3v) is 3.95. The molecule has 8 heteroatoms. The van der Waals surface area contributed by atoms with Gasteiger partial charge in [-0.2, -0.15) is 10.2 Å². The monoisotopic (exact) mass is 386 g/mol. The van der Waals surface area contributed by atoms with Crippen LogP contribution in [0, 0.1) is 0 Å². The quantitative estimate of drug-likeness (QED) is 0.456. The maximum Gasteiger partial charge on any atom is 0.240 e. The van der Waals surface area contributed by atoms with Crippen LogP contribution in [0.1, 0.15) is 51.1 Å². The molecule has 0 radical (unpaired) electrons. The Labute approximate surface area is 164 Å². The highest BCUT2D eigenvalue weighted by Crippen LogP contribution is 2.05. The van der Waals surface area contributed by atoms with Crippen LogP contribution >= 0.6 is 0 Å². The number of carbonyl (C=O) groups excluding carboxylic acids is 2. The number of hydrazone groups is 2. The van der Waals surface area contributed by atoms with Gasteiger partial charge in [-0.25, -0.2) is 10.9 Å². The predicted molar refractivity (Wildman–Crippen MR) is 106 cm³/mol. The van der Waals surface area contributed by atoms with E-state index in [-0.39, 0.29) is 24.7 Å². The molecule has 2 rings (SSSR count). The standard InChI is InChI=1S/C20H26N4O4/c1-15(7-9-17-5-3-13-27-17)21-23-19(25)11-12-20(26)24-22-16(2)8-10-18-6-4-14-28-18/h3-6,13-14H,7-12H2,1-2H3,(H,23,25)(H,24,26)/b21-15-,22-16-. The Morgan fingerprint density at radius 3 is 1.57 bits per heavy atom. The summed E-state index contributed by atoms with van der Waals surface area (Å²) in [6, 6.07) is 7.45. The molecule has 0 unspecified atom stereocenters. The highest BCUT2D eigenvalue weighted by atomic mass is 16.3. The van der Waals surface area contributed by atoms with Crippen molar-refractivity contribution in [1.82, 2.24) is 10.9 Å². The van der Waals surface area contributed by atoms with Gasteiger partial charge in [0.2, 0.25) is 11.8 Å². The third kappa shape index (κ3) is 8.48. The first-order chi connectivity index (χ1) is 13.5. The van der Waals surface area contributed by atoms with Crippen molar-refractivity contribution < 1.29 is 18.4 Å². The predicted octanol–water partition coefficient (Wildman–Crippen LogP) is 3.20. The molecule has 2 aromatic heterocycles. The van der Waals surface area contributed by atoms with Crippen molar-refractivity contribution in [3.8, 4) is 0 Å². The smallest absolute Gasteiger partial charge is 0.240 e. The fourth-order valence-electron chi connectivity index (χ4n) is 2.28. The van der Waals surface area contributed by atoms with Crippen LogP contribution in [0.4, 0.5) is 0 Å². The Hall–Kier alpha value is -3.16. The lowest BCUT2D eigenvalue weighted by Crippen LogP contribution is -2.24. The normalized spacial score (nSPS) is 12.1. The van der Waals surface area contributed by atoms with Crippen LogP contribution in [0.15, 0.2) is 55.8 Å². The van der Waals surface area contributed by atoms with Crippen LogP contribution in [-0.2, 0) is 22.4 Å². The minimum atomic E-state index is -0.314. The number of nitrogens with one attached hydrogen (secondary N) is 2. The lowest BCUT2D eigenvalue weighted by Gasteiger charge is -2.03. The second-order valence-corrected chi connectivity index (χ2v) is 6.42. The average Bonchev–Trinajstić information content (AvgIpc) is 3.39. The summed E-state index contributed by atoms with van der Waals surface area (Å²) in [6.07, 6.45) is 6.14. The summed E-state index contributed by atoms with van der Waals surface area (Å²) in [7, 11) is 0. The van der Waals surface area contributed by atoms with Gasteiger partial charge in [0, 0.05) is 37.1 Å².